The van der Waals surface area contributed by atoms with Crippen molar-refractivity contribution in [3.05, 3.63) is 60.4 Å². The maximum absolute atomic E-state index is 14.9. The number of benzene rings is 2. The Balaban J connectivity index is 1.50. The summed E-state index contributed by atoms with van der Waals surface area (Å²) in [6, 6.07) is 15.1. The number of fused-ring (bicyclic) bond motifs is 1. The summed E-state index contributed by atoms with van der Waals surface area (Å²) in [6.07, 6.45) is -6.78. The quantitative estimate of drug-likeness (QED) is 0.352. The number of imidazole rings is 1. The van der Waals surface area contributed by atoms with Gasteiger partial charge < -0.3 is 34.7 Å². The zero-order valence-electron chi connectivity index (χ0n) is 17.2. The van der Waals surface area contributed by atoms with Crippen LogP contribution in [0.4, 0.5) is 10.1 Å². The first-order valence-corrected chi connectivity index (χ1v) is 10.1. The number of aliphatic carboxylic acids is 2. The van der Waals surface area contributed by atoms with Crippen molar-refractivity contribution in [1.82, 2.24) is 9.55 Å². The molecule has 33 heavy (non-hydrogen) atoms. The van der Waals surface area contributed by atoms with E-state index in [1.807, 2.05) is 36.4 Å². The Morgan fingerprint density at radius 1 is 1.15 bits per heavy atom. The molecule has 0 saturated carbocycles. The second-order valence-electron chi connectivity index (χ2n) is 7.55. The van der Waals surface area contributed by atoms with Gasteiger partial charge in [-0.05, 0) is 17.7 Å². The van der Waals surface area contributed by atoms with Crippen LogP contribution in [0.2, 0.25) is 0 Å². The molecule has 10 nitrogen and oxygen atoms in total. The summed E-state index contributed by atoms with van der Waals surface area (Å²) in [6.45, 7) is -0.0528. The number of carboxylic acid groups (broad SMARTS) is 2. The van der Waals surface area contributed by atoms with Crippen LogP contribution in [0.1, 0.15) is 11.8 Å². The summed E-state index contributed by atoms with van der Waals surface area (Å²) >= 11 is 0. The number of ether oxygens (including phenoxy) is 2. The molecule has 2 aromatic carbocycles. The monoisotopic (exact) mass is 459 g/mol. The molecular formula is C22H22FN3O7. The first kappa shape index (κ1) is 22.6. The molecule has 174 valence electrons. The van der Waals surface area contributed by atoms with Gasteiger partial charge in [0.1, 0.15) is 17.7 Å². The number of alkyl halides is 1. The fourth-order valence-electron chi connectivity index (χ4n) is 3.70. The number of hydrogen-bond donors (Lipinski definition) is 4. The Morgan fingerprint density at radius 2 is 1.88 bits per heavy atom. The van der Waals surface area contributed by atoms with Gasteiger partial charge in [-0.25, -0.2) is 19.0 Å². The maximum atomic E-state index is 14.9. The van der Waals surface area contributed by atoms with Crippen molar-refractivity contribution in [3.8, 4) is 0 Å². The molecule has 1 aliphatic heterocycles. The summed E-state index contributed by atoms with van der Waals surface area (Å²) in [4.78, 5) is 26.3. The minimum Gasteiger partial charge on any atom is -0.479 e. The summed E-state index contributed by atoms with van der Waals surface area (Å²) in [5, 5.41) is 31.3. The molecule has 0 aliphatic carbocycles. The van der Waals surface area contributed by atoms with Gasteiger partial charge in [0.25, 0.3) is 6.10 Å². The van der Waals surface area contributed by atoms with E-state index in [-0.39, 0.29) is 0 Å². The Kier molecular flexibility index (Phi) is 6.54. The molecular weight excluding hydrogens is 437 g/mol. The number of aromatic nitrogens is 2. The molecule has 4 N–H and O–H groups in total. The number of aliphatic hydroxyl groups excluding tert-OH is 1. The van der Waals surface area contributed by atoms with Crippen molar-refractivity contribution in [3.63, 3.8) is 0 Å². The lowest BCUT2D eigenvalue weighted by Gasteiger charge is -2.17. The minimum absolute atomic E-state index is 0.559. The number of nitrogens with one attached hydrogen (secondary N) is 1. The number of para-hydroxylation sites is 1. The van der Waals surface area contributed by atoms with Crippen LogP contribution < -0.4 is 5.32 Å². The fourth-order valence-corrected chi connectivity index (χ4v) is 3.70. The number of aliphatic hydroxyl groups is 1. The summed E-state index contributed by atoms with van der Waals surface area (Å²) in [7, 11) is 0. The molecule has 1 aliphatic rings. The zero-order chi connectivity index (χ0) is 23.5. The lowest BCUT2D eigenvalue weighted by atomic mass is 10.1. The van der Waals surface area contributed by atoms with E-state index in [1.54, 1.807) is 12.1 Å². The van der Waals surface area contributed by atoms with Crippen molar-refractivity contribution < 1.29 is 38.8 Å². The third kappa shape index (κ3) is 4.65. The molecule has 0 bridgehead atoms. The highest BCUT2D eigenvalue weighted by atomic mass is 19.1. The predicted molar refractivity (Wildman–Crippen MR) is 113 cm³/mol. The van der Waals surface area contributed by atoms with E-state index < -0.39 is 49.3 Å². The molecule has 4 atom stereocenters. The average Bonchev–Trinajstić information content (AvgIpc) is 3.34. The molecule has 3 aromatic rings. The van der Waals surface area contributed by atoms with E-state index in [4.69, 9.17) is 19.7 Å². The summed E-state index contributed by atoms with van der Waals surface area (Å²) in [5.74, 6) is -3.42. The van der Waals surface area contributed by atoms with Gasteiger partial charge in [-0.3, -0.25) is 0 Å². The van der Waals surface area contributed by atoms with Gasteiger partial charge in [0.2, 0.25) is 0 Å². The predicted octanol–water partition coefficient (Wildman–Crippen LogP) is 1.80. The normalized spacial score (nSPS) is 22.6. The third-order valence-electron chi connectivity index (χ3n) is 5.37. The van der Waals surface area contributed by atoms with Crippen LogP contribution >= 0.6 is 0 Å². The number of carboxylic acids is 2. The number of anilines is 1. The smallest absolute Gasteiger partial charge is 0.344 e. The largest absolute Gasteiger partial charge is 0.479 e. The van der Waals surface area contributed by atoms with Gasteiger partial charge in [-0.2, -0.15) is 0 Å². The number of nitrogens with zero attached hydrogens (tertiary/aromatic N) is 2. The Bertz CT molecular complexity index is 1130. The number of halogens is 1. The van der Waals surface area contributed by atoms with Gasteiger partial charge in [-0.15, -0.1) is 0 Å². The van der Waals surface area contributed by atoms with E-state index in [2.05, 4.69) is 10.3 Å². The molecule has 0 unspecified atom stereocenters. The Labute approximate surface area is 187 Å². The Hall–Kier alpha value is -3.54. The van der Waals surface area contributed by atoms with E-state index in [0.29, 0.717) is 17.6 Å². The van der Waals surface area contributed by atoms with Gasteiger partial charge in [0.15, 0.2) is 12.4 Å². The van der Waals surface area contributed by atoms with Gasteiger partial charge >= 0.3 is 11.9 Å². The molecule has 0 spiro atoms. The van der Waals surface area contributed by atoms with E-state index >= 15 is 0 Å². The lowest BCUT2D eigenvalue weighted by molar-refractivity contribution is -0.170. The molecule has 4 rings (SSSR count). The van der Waals surface area contributed by atoms with E-state index in [9.17, 15) is 19.1 Å². The number of carbonyl (C=O) groups is 2. The molecule has 0 amide bonds. The van der Waals surface area contributed by atoms with Crippen molar-refractivity contribution in [1.29, 1.82) is 0 Å². The highest BCUT2D eigenvalue weighted by Crippen LogP contribution is 2.35. The maximum Gasteiger partial charge on any atom is 0.344 e. The Morgan fingerprint density at radius 3 is 2.58 bits per heavy atom. The highest BCUT2D eigenvalue weighted by Gasteiger charge is 2.46. The molecule has 0 radical (unpaired) electrons. The molecule has 2 heterocycles. The van der Waals surface area contributed by atoms with Crippen LogP contribution in [0.5, 0.6) is 0 Å². The van der Waals surface area contributed by atoms with Crippen molar-refractivity contribution in [2.75, 3.05) is 11.9 Å². The fraction of sp³-hybridized carbons (Fsp3) is 0.318. The van der Waals surface area contributed by atoms with Crippen LogP contribution in [0, 0.1) is 0 Å². The zero-order valence-corrected chi connectivity index (χ0v) is 17.2. The number of hydrogen-bond acceptors (Lipinski definition) is 7. The minimum atomic E-state index is -2.15. The van der Waals surface area contributed by atoms with E-state index in [0.717, 1.165) is 11.3 Å². The first-order chi connectivity index (χ1) is 15.9. The molecule has 11 heteroatoms. The molecule has 1 fully saturated rings. The first-order valence-electron chi connectivity index (χ1n) is 10.1. The topological polar surface area (TPSA) is 143 Å². The van der Waals surface area contributed by atoms with E-state index in [1.165, 1.54) is 10.9 Å². The van der Waals surface area contributed by atoms with Gasteiger partial charge in [0.05, 0.1) is 24.1 Å². The SMILES string of the molecule is O=C(O)C(OC[C@H]1O[C@@H](n2cnc3c(NCc4ccccc4)cccc32)[C@@H](F)[C@@H]1O)C(=O)O. The van der Waals surface area contributed by atoms with Crippen molar-refractivity contribution in [2.24, 2.45) is 0 Å². The third-order valence-corrected chi connectivity index (χ3v) is 5.37. The average molecular weight is 459 g/mol. The molecule has 1 aromatic heterocycles. The summed E-state index contributed by atoms with van der Waals surface area (Å²) in [5.41, 5.74) is 2.94. The van der Waals surface area contributed by atoms with Crippen molar-refractivity contribution >= 4 is 28.7 Å². The van der Waals surface area contributed by atoms with Crippen LogP contribution in [0.15, 0.2) is 54.9 Å². The van der Waals surface area contributed by atoms with Crippen molar-refractivity contribution in [2.45, 2.75) is 37.3 Å². The standard InChI is InChI=1S/C22H22FN3O7/c23-16-18(27)15(10-32-19(21(28)29)22(30)31)33-20(16)26-11-25-17-13(7-4-8-14(17)26)24-9-12-5-2-1-3-6-12/h1-8,11,15-16,18-20,24,27H,9-10H2,(H,28,29)(H,30,31)/t15-,16+,18-,20-/m1/s1. The number of rotatable bonds is 9. The highest BCUT2D eigenvalue weighted by molar-refractivity contribution is 5.96. The second kappa shape index (κ2) is 9.53. The van der Waals surface area contributed by atoms with Crippen LogP contribution in [0.3, 0.4) is 0 Å². The second-order valence-corrected chi connectivity index (χ2v) is 7.55. The molecule has 1 saturated heterocycles. The van der Waals surface area contributed by atoms with Crippen LogP contribution in [0.25, 0.3) is 11.0 Å². The van der Waals surface area contributed by atoms with Gasteiger partial charge in [0, 0.05) is 6.54 Å². The van der Waals surface area contributed by atoms with Crippen LogP contribution in [-0.4, -0.2) is 67.9 Å². The summed E-state index contributed by atoms with van der Waals surface area (Å²) < 4.78 is 26.8. The van der Waals surface area contributed by atoms with Gasteiger partial charge in [-0.1, -0.05) is 36.4 Å². The van der Waals surface area contributed by atoms with Crippen LogP contribution in [-0.2, 0) is 25.6 Å². The lowest BCUT2D eigenvalue weighted by Crippen LogP contribution is -2.38.